The number of para-hydroxylation sites is 1. The molecule has 0 saturated carbocycles. The highest BCUT2D eigenvalue weighted by molar-refractivity contribution is 6.08. The number of carbonyl (C=O) groups excluding carboxylic acids is 3. The second-order valence-electron chi connectivity index (χ2n) is 8.49. The van der Waals surface area contributed by atoms with Crippen LogP contribution in [0.3, 0.4) is 0 Å². The van der Waals surface area contributed by atoms with Gasteiger partial charge in [0.25, 0.3) is 5.69 Å². The number of ether oxygens (including phenoxy) is 3. The topological polar surface area (TPSA) is 175 Å². The number of allylic oxidation sites excluding steroid dienone is 1. The van der Waals surface area contributed by atoms with Gasteiger partial charge in [-0.3, -0.25) is 15.0 Å². The molecule has 1 aliphatic rings. The minimum absolute atomic E-state index is 0.00187. The van der Waals surface area contributed by atoms with Gasteiger partial charge in [-0.05, 0) is 29.8 Å². The Morgan fingerprint density at radius 1 is 0.902 bits per heavy atom. The molecule has 206 valence electrons. The third kappa shape index (κ3) is 5.32. The fourth-order valence-corrected chi connectivity index (χ4v) is 4.40. The van der Waals surface area contributed by atoms with Crippen molar-refractivity contribution in [2.45, 2.75) is 5.92 Å². The van der Waals surface area contributed by atoms with Gasteiger partial charge >= 0.3 is 17.9 Å². The molecule has 0 spiro atoms. The molecule has 0 fully saturated rings. The van der Waals surface area contributed by atoms with Crippen LogP contribution in [-0.4, -0.2) is 37.1 Å². The van der Waals surface area contributed by atoms with E-state index in [1.807, 2.05) is 6.07 Å². The lowest BCUT2D eigenvalue weighted by Crippen LogP contribution is -2.41. The highest BCUT2D eigenvalue weighted by Gasteiger charge is 2.43. The van der Waals surface area contributed by atoms with Crippen molar-refractivity contribution in [3.63, 3.8) is 0 Å². The Hall–Kier alpha value is -5.96. The van der Waals surface area contributed by atoms with E-state index in [9.17, 15) is 29.8 Å². The molecule has 2 N–H and O–H groups in total. The van der Waals surface area contributed by atoms with E-state index in [0.717, 1.165) is 19.1 Å². The van der Waals surface area contributed by atoms with Crippen LogP contribution in [0.2, 0.25) is 0 Å². The Labute approximate surface area is 233 Å². The number of carbonyl (C=O) groups is 3. The third-order valence-electron chi connectivity index (χ3n) is 6.23. The van der Waals surface area contributed by atoms with E-state index in [4.69, 9.17) is 19.9 Å². The number of nitro groups is 1. The van der Waals surface area contributed by atoms with Crippen molar-refractivity contribution in [1.82, 2.24) is 0 Å². The number of hydrogen-bond donors (Lipinski definition) is 1. The van der Waals surface area contributed by atoms with E-state index < -0.39 is 28.7 Å². The molecular formula is C29H22N4O8. The first-order valence-corrected chi connectivity index (χ1v) is 11.9. The average Bonchev–Trinajstić information content (AvgIpc) is 3.00. The van der Waals surface area contributed by atoms with Crippen molar-refractivity contribution in [3.8, 4) is 11.8 Å². The number of esters is 3. The van der Waals surface area contributed by atoms with Gasteiger partial charge in [-0.15, -0.1) is 0 Å². The molecule has 0 bridgehead atoms. The molecule has 0 radical (unpaired) electrons. The van der Waals surface area contributed by atoms with Gasteiger partial charge in [0.2, 0.25) is 0 Å². The van der Waals surface area contributed by atoms with Gasteiger partial charge in [0.05, 0.1) is 53.5 Å². The Morgan fingerprint density at radius 3 is 2.10 bits per heavy atom. The maximum Gasteiger partial charge on any atom is 0.355 e. The molecule has 0 aromatic heterocycles. The molecule has 12 heteroatoms. The lowest BCUT2D eigenvalue weighted by Gasteiger charge is -2.36. The summed E-state index contributed by atoms with van der Waals surface area (Å²) < 4.78 is 15.5. The molecule has 1 atom stereocenters. The molecule has 0 saturated heterocycles. The summed E-state index contributed by atoms with van der Waals surface area (Å²) in [4.78, 5) is 51.3. The maximum absolute atomic E-state index is 13.3. The van der Waals surface area contributed by atoms with Crippen molar-refractivity contribution >= 4 is 29.3 Å². The molecule has 0 amide bonds. The van der Waals surface area contributed by atoms with Crippen molar-refractivity contribution < 1.29 is 33.5 Å². The van der Waals surface area contributed by atoms with Crippen LogP contribution in [0.1, 0.15) is 21.8 Å². The third-order valence-corrected chi connectivity index (χ3v) is 6.23. The first-order chi connectivity index (χ1) is 19.7. The van der Waals surface area contributed by atoms with Gasteiger partial charge < -0.3 is 19.9 Å². The number of nitriles is 1. The smallest absolute Gasteiger partial charge is 0.355 e. The molecule has 1 heterocycles. The Bertz CT molecular complexity index is 1640. The number of nitrogens with two attached hydrogens (primary N) is 1. The molecule has 3 aromatic rings. The normalized spacial score (nSPS) is 14.7. The van der Waals surface area contributed by atoms with Crippen LogP contribution in [-0.2, 0) is 19.1 Å². The summed E-state index contributed by atoms with van der Waals surface area (Å²) in [5, 5.41) is 21.2. The highest BCUT2D eigenvalue weighted by Crippen LogP contribution is 2.44. The van der Waals surface area contributed by atoms with E-state index >= 15 is 0 Å². The molecule has 1 unspecified atom stereocenters. The summed E-state index contributed by atoms with van der Waals surface area (Å²) in [7, 11) is 2.23. The summed E-state index contributed by atoms with van der Waals surface area (Å²) >= 11 is 0. The van der Waals surface area contributed by atoms with Crippen LogP contribution in [0.5, 0.6) is 5.75 Å². The lowest BCUT2D eigenvalue weighted by atomic mass is 9.80. The van der Waals surface area contributed by atoms with Crippen LogP contribution >= 0.6 is 0 Å². The number of hydrogen-bond acceptors (Lipinski definition) is 11. The van der Waals surface area contributed by atoms with Crippen LogP contribution < -0.4 is 15.4 Å². The quantitative estimate of drug-likeness (QED) is 0.195. The molecule has 12 nitrogen and oxygen atoms in total. The van der Waals surface area contributed by atoms with Gasteiger partial charge in [-0.25, -0.2) is 14.4 Å². The van der Waals surface area contributed by atoms with Crippen LogP contribution in [0.25, 0.3) is 0 Å². The predicted octanol–water partition coefficient (Wildman–Crippen LogP) is 3.71. The van der Waals surface area contributed by atoms with Gasteiger partial charge in [0.15, 0.2) is 0 Å². The Morgan fingerprint density at radius 2 is 1.51 bits per heavy atom. The standard InChI is InChI=1S/C29H22N4O8/c1-39-28(35)24-23(17-8-4-3-5-9-17)21(16-30)26(31)32(25(24)29(36)40-2)22-11-7-6-10-20(22)27(34)41-19-14-12-18(13-15-19)33(37)38/h3-15,23H,31H2,1-2H3. The summed E-state index contributed by atoms with van der Waals surface area (Å²) in [6, 6.07) is 21.3. The minimum atomic E-state index is -1.08. The molecular weight excluding hydrogens is 532 g/mol. The molecule has 0 aliphatic carbocycles. The fraction of sp³-hybridized carbons (Fsp3) is 0.103. The minimum Gasteiger partial charge on any atom is -0.466 e. The van der Waals surface area contributed by atoms with Gasteiger partial charge in [0, 0.05) is 12.1 Å². The monoisotopic (exact) mass is 554 g/mol. The van der Waals surface area contributed by atoms with Crippen LogP contribution in [0.4, 0.5) is 11.4 Å². The van der Waals surface area contributed by atoms with E-state index in [1.54, 1.807) is 36.4 Å². The summed E-state index contributed by atoms with van der Waals surface area (Å²) in [6.07, 6.45) is 0. The van der Waals surface area contributed by atoms with Crippen molar-refractivity contribution in [3.05, 3.63) is 123 Å². The summed E-state index contributed by atoms with van der Waals surface area (Å²) in [5.41, 5.74) is 6.04. The second-order valence-corrected chi connectivity index (χ2v) is 8.49. The summed E-state index contributed by atoms with van der Waals surface area (Å²) in [5.74, 6) is -4.11. The van der Waals surface area contributed by atoms with Gasteiger partial charge in [-0.2, -0.15) is 5.26 Å². The summed E-state index contributed by atoms with van der Waals surface area (Å²) in [6.45, 7) is 0. The largest absolute Gasteiger partial charge is 0.466 e. The van der Waals surface area contributed by atoms with Crippen molar-refractivity contribution in [2.75, 3.05) is 19.1 Å². The van der Waals surface area contributed by atoms with E-state index in [2.05, 4.69) is 0 Å². The molecule has 1 aliphatic heterocycles. The zero-order chi connectivity index (χ0) is 29.7. The number of rotatable bonds is 7. The van der Waals surface area contributed by atoms with E-state index in [0.29, 0.717) is 5.56 Å². The zero-order valence-corrected chi connectivity index (χ0v) is 21.8. The van der Waals surface area contributed by atoms with Crippen molar-refractivity contribution in [2.24, 2.45) is 5.73 Å². The van der Waals surface area contributed by atoms with E-state index in [-0.39, 0.29) is 45.4 Å². The molecule has 3 aromatic carbocycles. The average molecular weight is 555 g/mol. The number of non-ortho nitro benzene ring substituents is 1. The first kappa shape index (κ1) is 28.1. The highest BCUT2D eigenvalue weighted by atomic mass is 16.6. The maximum atomic E-state index is 13.3. The number of anilines is 1. The lowest BCUT2D eigenvalue weighted by molar-refractivity contribution is -0.384. The van der Waals surface area contributed by atoms with E-state index in [1.165, 1.54) is 42.5 Å². The van der Waals surface area contributed by atoms with Gasteiger partial charge in [-0.1, -0.05) is 42.5 Å². The predicted molar refractivity (Wildman–Crippen MR) is 144 cm³/mol. The van der Waals surface area contributed by atoms with Gasteiger partial charge in [0.1, 0.15) is 17.3 Å². The molecule has 4 rings (SSSR count). The first-order valence-electron chi connectivity index (χ1n) is 11.9. The second kappa shape index (κ2) is 11.8. The molecule has 41 heavy (non-hydrogen) atoms. The van der Waals surface area contributed by atoms with Crippen molar-refractivity contribution in [1.29, 1.82) is 5.26 Å². The SMILES string of the molecule is COC(=O)C1=C(C(=O)OC)N(c2ccccc2C(=O)Oc2ccc([N+](=O)[O-])cc2)C(N)=C(C#N)C1c1ccccc1. The van der Waals surface area contributed by atoms with Crippen LogP contribution in [0, 0.1) is 21.4 Å². The Kier molecular flexibility index (Phi) is 8.10. The Balaban J connectivity index is 1.92. The fourth-order valence-electron chi connectivity index (χ4n) is 4.40. The number of nitrogens with zero attached hydrogens (tertiary/aromatic N) is 3. The van der Waals surface area contributed by atoms with Crippen LogP contribution in [0.15, 0.2) is 102 Å². The number of methoxy groups -OCH3 is 2. The number of nitro benzene ring substituents is 1. The number of benzene rings is 3. The zero-order valence-electron chi connectivity index (χ0n) is 21.8.